The van der Waals surface area contributed by atoms with E-state index in [1.54, 1.807) is 24.3 Å². The van der Waals surface area contributed by atoms with Gasteiger partial charge >= 0.3 is 0 Å². The van der Waals surface area contributed by atoms with Crippen LogP contribution in [0.2, 0.25) is 5.02 Å². The van der Waals surface area contributed by atoms with Gasteiger partial charge in [0.15, 0.2) is 0 Å². The van der Waals surface area contributed by atoms with E-state index in [0.29, 0.717) is 10.8 Å². The summed E-state index contributed by atoms with van der Waals surface area (Å²) < 4.78 is 0. The van der Waals surface area contributed by atoms with Crippen molar-refractivity contribution in [1.82, 2.24) is 0 Å². The Kier molecular flexibility index (Phi) is 2.77. The fraction of sp³-hybridized carbons (Fsp3) is 0.200. The van der Waals surface area contributed by atoms with Gasteiger partial charge in [-0.25, -0.2) is 0 Å². The average Bonchev–Trinajstić information content (AvgIpc) is 2.04. The molecule has 0 atom stereocenters. The first kappa shape index (κ1) is 9.14. The Morgan fingerprint density at radius 3 is 2.08 bits per heavy atom. The zero-order valence-electron chi connectivity index (χ0n) is 7.13. The molecule has 1 aromatic carbocycles. The van der Waals surface area contributed by atoms with Gasteiger partial charge in [-0.3, -0.25) is 0 Å². The van der Waals surface area contributed by atoms with Gasteiger partial charge in [0.05, 0.1) is 0 Å². The molecular formula is C10H11ClO. The summed E-state index contributed by atoms with van der Waals surface area (Å²) in [7, 11) is 0. The molecular weight excluding hydrogens is 172 g/mol. The predicted molar refractivity (Wildman–Crippen MR) is 52.3 cm³/mol. The standard InChI is InChI=1S/C10H11ClO/c1-7(2)10(12)8-3-5-9(11)6-4-8/h3-6,12H,1-2H3. The van der Waals surface area contributed by atoms with Crippen molar-refractivity contribution in [2.75, 3.05) is 0 Å². The molecule has 1 N–H and O–H groups in total. The topological polar surface area (TPSA) is 20.2 Å². The third-order valence-electron chi connectivity index (χ3n) is 1.59. The molecule has 0 radical (unpaired) electrons. The SMILES string of the molecule is CC(C)=C(O)c1ccc(Cl)cc1. The minimum atomic E-state index is 0.326. The Balaban J connectivity index is 3.06. The summed E-state index contributed by atoms with van der Waals surface area (Å²) in [5, 5.41) is 10.2. The van der Waals surface area contributed by atoms with Crippen LogP contribution < -0.4 is 0 Å². The zero-order valence-corrected chi connectivity index (χ0v) is 7.89. The van der Waals surface area contributed by atoms with Crippen LogP contribution in [0.5, 0.6) is 0 Å². The molecule has 0 fully saturated rings. The molecule has 0 aliphatic heterocycles. The Morgan fingerprint density at radius 1 is 1.17 bits per heavy atom. The second kappa shape index (κ2) is 3.63. The Bertz CT molecular complexity index is 294. The van der Waals surface area contributed by atoms with E-state index in [1.165, 1.54) is 0 Å². The number of hydrogen-bond acceptors (Lipinski definition) is 1. The van der Waals surface area contributed by atoms with E-state index in [1.807, 2.05) is 13.8 Å². The first-order chi connectivity index (χ1) is 5.61. The maximum Gasteiger partial charge on any atom is 0.121 e. The normalized spacial score (nSPS) is 9.58. The van der Waals surface area contributed by atoms with Crippen LogP contribution in [0, 0.1) is 0 Å². The van der Waals surface area contributed by atoms with Crippen molar-refractivity contribution in [3.8, 4) is 0 Å². The molecule has 0 amide bonds. The lowest BCUT2D eigenvalue weighted by Crippen LogP contribution is -1.84. The molecule has 1 rings (SSSR count). The van der Waals surface area contributed by atoms with Crippen LogP contribution in [0.1, 0.15) is 19.4 Å². The number of aliphatic hydroxyl groups is 1. The Hall–Kier alpha value is -0.950. The van der Waals surface area contributed by atoms with E-state index in [4.69, 9.17) is 11.6 Å². The minimum Gasteiger partial charge on any atom is -0.507 e. The molecule has 0 aromatic heterocycles. The highest BCUT2D eigenvalue weighted by atomic mass is 35.5. The first-order valence-electron chi connectivity index (χ1n) is 3.73. The van der Waals surface area contributed by atoms with Gasteiger partial charge in [0.2, 0.25) is 0 Å². The highest BCUT2D eigenvalue weighted by Crippen LogP contribution is 2.17. The van der Waals surface area contributed by atoms with Crippen molar-refractivity contribution in [2.45, 2.75) is 13.8 Å². The van der Waals surface area contributed by atoms with Crippen molar-refractivity contribution in [2.24, 2.45) is 0 Å². The van der Waals surface area contributed by atoms with Crippen molar-refractivity contribution in [1.29, 1.82) is 0 Å². The lowest BCUT2D eigenvalue weighted by molar-refractivity contribution is 0.506. The third-order valence-corrected chi connectivity index (χ3v) is 1.84. The maximum atomic E-state index is 9.53. The molecule has 1 nitrogen and oxygen atoms in total. The van der Waals surface area contributed by atoms with Gasteiger partial charge < -0.3 is 5.11 Å². The van der Waals surface area contributed by atoms with Gasteiger partial charge in [-0.15, -0.1) is 0 Å². The van der Waals surface area contributed by atoms with E-state index in [9.17, 15) is 5.11 Å². The van der Waals surface area contributed by atoms with Gasteiger partial charge in [-0.2, -0.15) is 0 Å². The molecule has 2 heteroatoms. The summed E-state index contributed by atoms with van der Waals surface area (Å²) in [6.45, 7) is 3.73. The lowest BCUT2D eigenvalue weighted by Gasteiger charge is -2.01. The van der Waals surface area contributed by atoms with E-state index < -0.39 is 0 Å². The second-order valence-electron chi connectivity index (χ2n) is 2.86. The van der Waals surface area contributed by atoms with Crippen molar-refractivity contribution in [3.05, 3.63) is 40.4 Å². The van der Waals surface area contributed by atoms with Crippen LogP contribution >= 0.6 is 11.6 Å². The summed E-state index contributed by atoms with van der Waals surface area (Å²) in [6.07, 6.45) is 0. The number of rotatable bonds is 1. The van der Waals surface area contributed by atoms with Crippen LogP contribution in [0.25, 0.3) is 5.76 Å². The van der Waals surface area contributed by atoms with Crippen LogP contribution in [0.3, 0.4) is 0 Å². The maximum absolute atomic E-state index is 9.53. The zero-order chi connectivity index (χ0) is 9.14. The van der Waals surface area contributed by atoms with E-state index >= 15 is 0 Å². The lowest BCUT2D eigenvalue weighted by atomic mass is 10.1. The van der Waals surface area contributed by atoms with Crippen molar-refractivity contribution in [3.63, 3.8) is 0 Å². The molecule has 0 aliphatic carbocycles. The van der Waals surface area contributed by atoms with Gasteiger partial charge in [0, 0.05) is 10.6 Å². The molecule has 0 bridgehead atoms. The Morgan fingerprint density at radius 2 is 1.67 bits per heavy atom. The fourth-order valence-corrected chi connectivity index (χ4v) is 1.02. The molecule has 0 aliphatic rings. The molecule has 1 aromatic rings. The summed E-state index contributed by atoms with van der Waals surface area (Å²) in [4.78, 5) is 0. The predicted octanol–water partition coefficient (Wildman–Crippen LogP) is 3.65. The van der Waals surface area contributed by atoms with Crippen LogP contribution in [0.15, 0.2) is 29.8 Å². The van der Waals surface area contributed by atoms with Crippen LogP contribution in [0.4, 0.5) is 0 Å². The van der Waals surface area contributed by atoms with Crippen molar-refractivity contribution >= 4 is 17.4 Å². The first-order valence-corrected chi connectivity index (χ1v) is 4.11. The molecule has 0 spiro atoms. The van der Waals surface area contributed by atoms with Gasteiger partial charge in [0.25, 0.3) is 0 Å². The monoisotopic (exact) mass is 182 g/mol. The van der Waals surface area contributed by atoms with Crippen LogP contribution in [-0.4, -0.2) is 5.11 Å². The molecule has 0 saturated carbocycles. The highest BCUT2D eigenvalue weighted by Gasteiger charge is 1.99. The molecule has 0 heterocycles. The highest BCUT2D eigenvalue weighted by molar-refractivity contribution is 6.30. The van der Waals surface area contributed by atoms with E-state index in [2.05, 4.69) is 0 Å². The molecule has 12 heavy (non-hydrogen) atoms. The second-order valence-corrected chi connectivity index (χ2v) is 3.29. The molecule has 0 saturated heterocycles. The smallest absolute Gasteiger partial charge is 0.121 e. The van der Waals surface area contributed by atoms with Gasteiger partial charge in [-0.1, -0.05) is 11.6 Å². The summed E-state index contributed by atoms with van der Waals surface area (Å²) >= 11 is 5.70. The van der Waals surface area contributed by atoms with Gasteiger partial charge in [-0.05, 0) is 43.7 Å². The molecule has 0 unspecified atom stereocenters. The largest absolute Gasteiger partial charge is 0.507 e. The number of benzene rings is 1. The van der Waals surface area contributed by atoms with Gasteiger partial charge in [0.1, 0.15) is 5.76 Å². The fourth-order valence-electron chi connectivity index (χ4n) is 0.896. The number of aliphatic hydroxyl groups excluding tert-OH is 1. The molecule has 64 valence electrons. The number of hydrogen-bond donors (Lipinski definition) is 1. The summed E-state index contributed by atoms with van der Waals surface area (Å²) in [6, 6.07) is 7.11. The Labute approximate surface area is 77.3 Å². The minimum absolute atomic E-state index is 0.326. The summed E-state index contributed by atoms with van der Waals surface area (Å²) in [5.41, 5.74) is 1.71. The number of halogens is 1. The average molecular weight is 183 g/mol. The third kappa shape index (κ3) is 2.02. The van der Waals surface area contributed by atoms with E-state index in [0.717, 1.165) is 11.1 Å². The quantitative estimate of drug-likeness (QED) is 0.658. The van der Waals surface area contributed by atoms with Crippen LogP contribution in [-0.2, 0) is 0 Å². The number of allylic oxidation sites excluding steroid dienone is 1. The van der Waals surface area contributed by atoms with E-state index in [-0.39, 0.29) is 0 Å². The van der Waals surface area contributed by atoms with Crippen molar-refractivity contribution < 1.29 is 5.11 Å². The summed E-state index contributed by atoms with van der Waals surface area (Å²) in [5.74, 6) is 0.326.